The van der Waals surface area contributed by atoms with Gasteiger partial charge in [0.1, 0.15) is 0 Å². The van der Waals surface area contributed by atoms with Gasteiger partial charge in [0, 0.05) is 18.1 Å². The molecule has 3 nitrogen and oxygen atoms in total. The Labute approximate surface area is 158 Å². The van der Waals surface area contributed by atoms with Crippen molar-refractivity contribution in [2.45, 2.75) is 0 Å². The van der Waals surface area contributed by atoms with Gasteiger partial charge in [0.05, 0.1) is 5.69 Å². The van der Waals surface area contributed by atoms with Gasteiger partial charge in [-0.05, 0) is 71.2 Å². The number of halogens is 3. The Bertz CT molecular complexity index is 709. The largest absolute Gasteiger partial charge is 0.332 e. The lowest BCUT2D eigenvalue weighted by molar-refractivity contribution is 0.0977. The quantitative estimate of drug-likeness (QED) is 0.419. The fourth-order valence-electron chi connectivity index (χ4n) is 1.55. The smallest absolute Gasteiger partial charge is 0.257 e. The molecule has 0 heterocycles. The summed E-state index contributed by atoms with van der Waals surface area (Å²) in [5, 5.41) is 5.94. The van der Waals surface area contributed by atoms with Crippen LogP contribution in [0.15, 0.2) is 51.4 Å². The van der Waals surface area contributed by atoms with Gasteiger partial charge in [0.2, 0.25) is 0 Å². The second kappa shape index (κ2) is 7.66. The Morgan fingerprint density at radius 3 is 2.48 bits per heavy atom. The highest BCUT2D eigenvalue weighted by atomic mass is 127. The summed E-state index contributed by atoms with van der Waals surface area (Å²) >= 11 is 14.1. The minimum absolute atomic E-state index is 0.249. The second-order valence-electron chi connectivity index (χ2n) is 4.04. The summed E-state index contributed by atoms with van der Waals surface area (Å²) in [5.41, 5.74) is 1.39. The SMILES string of the molecule is O=C(NC(=S)Nc1ccc(Br)cc1I)c1cccc(Br)c1. The van der Waals surface area contributed by atoms with E-state index in [9.17, 15) is 4.79 Å². The predicted molar refractivity (Wildman–Crippen MR) is 105 cm³/mol. The van der Waals surface area contributed by atoms with Crippen molar-refractivity contribution in [2.75, 3.05) is 5.32 Å². The molecule has 0 fully saturated rings. The first-order valence-corrected chi connectivity index (χ1v) is 8.86. The van der Waals surface area contributed by atoms with E-state index in [0.29, 0.717) is 5.56 Å². The molecule has 0 radical (unpaired) electrons. The third kappa shape index (κ3) is 5.01. The van der Waals surface area contributed by atoms with Crippen molar-refractivity contribution in [3.8, 4) is 0 Å². The van der Waals surface area contributed by atoms with Crippen molar-refractivity contribution >= 4 is 83.4 Å². The molecule has 0 saturated heterocycles. The zero-order valence-electron chi connectivity index (χ0n) is 10.5. The zero-order valence-corrected chi connectivity index (χ0v) is 16.6. The molecule has 7 heteroatoms. The summed E-state index contributed by atoms with van der Waals surface area (Å²) in [7, 11) is 0. The molecule has 0 saturated carbocycles. The molecule has 0 bridgehead atoms. The van der Waals surface area contributed by atoms with Gasteiger partial charge in [-0.2, -0.15) is 0 Å². The lowest BCUT2D eigenvalue weighted by atomic mass is 10.2. The first kappa shape index (κ1) is 16.9. The Balaban J connectivity index is 2.03. The van der Waals surface area contributed by atoms with E-state index in [4.69, 9.17) is 12.2 Å². The summed E-state index contributed by atoms with van der Waals surface area (Å²) in [6.45, 7) is 0. The van der Waals surface area contributed by atoms with E-state index in [1.54, 1.807) is 18.2 Å². The van der Waals surface area contributed by atoms with E-state index in [2.05, 4.69) is 65.1 Å². The summed E-state index contributed by atoms with van der Waals surface area (Å²) in [6.07, 6.45) is 0. The molecule has 2 aromatic rings. The maximum absolute atomic E-state index is 12.1. The van der Waals surface area contributed by atoms with Gasteiger partial charge in [-0.3, -0.25) is 10.1 Å². The van der Waals surface area contributed by atoms with E-state index in [-0.39, 0.29) is 11.0 Å². The Morgan fingerprint density at radius 2 is 1.81 bits per heavy atom. The second-order valence-corrected chi connectivity index (χ2v) is 7.44. The van der Waals surface area contributed by atoms with Gasteiger partial charge >= 0.3 is 0 Å². The molecule has 0 aliphatic heterocycles. The molecule has 0 unspecified atom stereocenters. The van der Waals surface area contributed by atoms with Crippen LogP contribution in [0.4, 0.5) is 5.69 Å². The van der Waals surface area contributed by atoms with E-state index in [1.165, 1.54) is 0 Å². The van der Waals surface area contributed by atoms with E-state index < -0.39 is 0 Å². The maximum atomic E-state index is 12.1. The number of thiocarbonyl (C=S) groups is 1. The number of carbonyl (C=O) groups is 1. The molecule has 0 aliphatic carbocycles. The van der Waals surface area contributed by atoms with Crippen LogP contribution in [0.3, 0.4) is 0 Å². The normalized spacial score (nSPS) is 10.0. The molecule has 0 aromatic heterocycles. The molecule has 0 spiro atoms. The van der Waals surface area contributed by atoms with Gasteiger partial charge in [-0.25, -0.2) is 0 Å². The van der Waals surface area contributed by atoms with Crippen molar-refractivity contribution in [3.05, 3.63) is 60.5 Å². The standard InChI is InChI=1S/C14H9Br2IN2OS/c15-9-3-1-2-8(6-9)13(20)19-14(21)18-12-5-4-10(16)7-11(12)17/h1-7H,(H2,18,19,20,21). The fourth-order valence-corrected chi connectivity index (χ4v) is 3.59. The number of hydrogen-bond donors (Lipinski definition) is 2. The Morgan fingerprint density at radius 1 is 1.10 bits per heavy atom. The third-order valence-electron chi connectivity index (χ3n) is 2.49. The van der Waals surface area contributed by atoms with Crippen LogP contribution >= 0.6 is 66.7 Å². The topological polar surface area (TPSA) is 41.1 Å². The molecule has 2 rings (SSSR count). The minimum Gasteiger partial charge on any atom is -0.332 e. The van der Waals surface area contributed by atoms with Crippen LogP contribution in [0, 0.1) is 3.57 Å². The van der Waals surface area contributed by atoms with E-state index in [1.807, 2.05) is 24.3 Å². The molecular weight excluding hydrogens is 531 g/mol. The average molecular weight is 540 g/mol. The van der Waals surface area contributed by atoms with E-state index >= 15 is 0 Å². The number of rotatable bonds is 2. The summed E-state index contributed by atoms with van der Waals surface area (Å²) in [6, 6.07) is 12.9. The van der Waals surface area contributed by atoms with Gasteiger partial charge in [-0.1, -0.05) is 37.9 Å². The van der Waals surface area contributed by atoms with Crippen LogP contribution in [-0.2, 0) is 0 Å². The fraction of sp³-hybridized carbons (Fsp3) is 0. The van der Waals surface area contributed by atoms with E-state index in [0.717, 1.165) is 18.2 Å². The summed E-state index contributed by atoms with van der Waals surface area (Å²) in [4.78, 5) is 12.1. The summed E-state index contributed by atoms with van der Waals surface area (Å²) < 4.78 is 2.83. The highest BCUT2D eigenvalue weighted by Gasteiger charge is 2.09. The molecule has 108 valence electrons. The molecule has 2 N–H and O–H groups in total. The molecule has 0 aliphatic rings. The average Bonchev–Trinajstić information content (AvgIpc) is 2.42. The van der Waals surface area contributed by atoms with Crippen molar-refractivity contribution in [1.29, 1.82) is 0 Å². The van der Waals surface area contributed by atoms with Crippen LogP contribution in [0.5, 0.6) is 0 Å². The monoisotopic (exact) mass is 538 g/mol. The molecule has 1 amide bonds. The van der Waals surface area contributed by atoms with Gasteiger partial charge in [0.25, 0.3) is 5.91 Å². The number of amides is 1. The maximum Gasteiger partial charge on any atom is 0.257 e. The zero-order chi connectivity index (χ0) is 15.4. The number of carbonyl (C=O) groups excluding carboxylic acids is 1. The van der Waals surface area contributed by atoms with Crippen LogP contribution < -0.4 is 10.6 Å². The third-order valence-corrected chi connectivity index (χ3v) is 4.58. The molecule has 2 aromatic carbocycles. The van der Waals surface area contributed by atoms with Gasteiger partial charge < -0.3 is 5.32 Å². The minimum atomic E-state index is -0.249. The molecule has 0 atom stereocenters. The van der Waals surface area contributed by atoms with Crippen LogP contribution in [0.2, 0.25) is 0 Å². The van der Waals surface area contributed by atoms with Crippen LogP contribution in [0.25, 0.3) is 0 Å². The first-order valence-electron chi connectivity index (χ1n) is 5.78. The number of anilines is 1. The van der Waals surface area contributed by atoms with Crippen LogP contribution in [0.1, 0.15) is 10.4 Å². The van der Waals surface area contributed by atoms with Crippen molar-refractivity contribution < 1.29 is 4.79 Å². The molecule has 21 heavy (non-hydrogen) atoms. The highest BCUT2D eigenvalue weighted by molar-refractivity contribution is 14.1. The van der Waals surface area contributed by atoms with Crippen LogP contribution in [-0.4, -0.2) is 11.0 Å². The Hall–Kier alpha value is -0.510. The number of benzene rings is 2. The summed E-state index contributed by atoms with van der Waals surface area (Å²) in [5.74, 6) is -0.249. The van der Waals surface area contributed by atoms with Crippen molar-refractivity contribution in [2.24, 2.45) is 0 Å². The van der Waals surface area contributed by atoms with Gasteiger partial charge in [0.15, 0.2) is 5.11 Å². The first-order chi connectivity index (χ1) is 9.95. The van der Waals surface area contributed by atoms with Crippen molar-refractivity contribution in [3.63, 3.8) is 0 Å². The number of nitrogens with one attached hydrogen (secondary N) is 2. The van der Waals surface area contributed by atoms with Gasteiger partial charge in [-0.15, -0.1) is 0 Å². The predicted octanol–water partition coefficient (Wildman–Crippen LogP) is 4.94. The lowest BCUT2D eigenvalue weighted by Gasteiger charge is -2.11. The van der Waals surface area contributed by atoms with Crippen molar-refractivity contribution in [1.82, 2.24) is 5.32 Å². The highest BCUT2D eigenvalue weighted by Crippen LogP contribution is 2.22. The number of hydrogen-bond acceptors (Lipinski definition) is 2. The molecular formula is C14H9Br2IN2OS. The Kier molecular flexibility index (Phi) is 6.15. The lowest BCUT2D eigenvalue weighted by Crippen LogP contribution is -2.34.